The zero-order valence-corrected chi connectivity index (χ0v) is 14.5. The lowest BCUT2D eigenvalue weighted by molar-refractivity contribution is -0.994. The van der Waals surface area contributed by atoms with Gasteiger partial charge in [0.25, 0.3) is 0 Å². The van der Waals surface area contributed by atoms with Crippen LogP contribution in [0.3, 0.4) is 0 Å². The standard InChI is InChI=1S/C18H21BrN2O/c1-22-18-8-7-16(19)13-15(18)14-20-9-11-21(12-10-20)17-5-3-2-4-6-17/h2-8,13H,9-12,14H2,1H3/p+2. The third kappa shape index (κ3) is 3.69. The zero-order valence-electron chi connectivity index (χ0n) is 12.9. The Bertz CT molecular complexity index is 610. The molecular weight excluding hydrogens is 340 g/mol. The molecule has 4 heteroatoms. The molecule has 1 aliphatic rings. The van der Waals surface area contributed by atoms with Crippen LogP contribution in [0.5, 0.6) is 5.75 Å². The van der Waals surface area contributed by atoms with E-state index in [0.29, 0.717) is 0 Å². The highest BCUT2D eigenvalue weighted by Gasteiger charge is 2.25. The van der Waals surface area contributed by atoms with Crippen molar-refractivity contribution in [3.63, 3.8) is 0 Å². The van der Waals surface area contributed by atoms with Crippen LogP contribution in [0.2, 0.25) is 0 Å². The molecule has 0 spiro atoms. The molecule has 0 unspecified atom stereocenters. The number of methoxy groups -OCH3 is 1. The Morgan fingerprint density at radius 2 is 1.73 bits per heavy atom. The van der Waals surface area contributed by atoms with E-state index in [1.807, 2.05) is 12.1 Å². The molecule has 1 heterocycles. The zero-order chi connectivity index (χ0) is 15.4. The highest BCUT2D eigenvalue weighted by atomic mass is 79.9. The maximum absolute atomic E-state index is 5.49. The molecule has 0 atom stereocenters. The molecule has 1 aliphatic heterocycles. The van der Waals surface area contributed by atoms with E-state index in [-0.39, 0.29) is 0 Å². The molecule has 2 N–H and O–H groups in total. The first-order valence-electron chi connectivity index (χ1n) is 7.82. The maximum Gasteiger partial charge on any atom is 0.132 e. The van der Waals surface area contributed by atoms with Crippen LogP contribution in [-0.2, 0) is 6.54 Å². The van der Waals surface area contributed by atoms with Crippen LogP contribution in [-0.4, -0.2) is 33.3 Å². The largest absolute Gasteiger partial charge is 0.496 e. The van der Waals surface area contributed by atoms with E-state index in [1.54, 1.807) is 16.9 Å². The molecule has 0 amide bonds. The number of benzene rings is 2. The fraction of sp³-hybridized carbons (Fsp3) is 0.333. The van der Waals surface area contributed by atoms with Gasteiger partial charge in [0.2, 0.25) is 0 Å². The number of quaternary nitrogens is 2. The minimum absolute atomic E-state index is 0.994. The lowest BCUT2D eigenvalue weighted by atomic mass is 10.1. The molecule has 0 radical (unpaired) electrons. The number of hydrogen-bond donors (Lipinski definition) is 2. The Labute approximate surface area is 140 Å². The van der Waals surface area contributed by atoms with E-state index in [1.165, 1.54) is 37.4 Å². The van der Waals surface area contributed by atoms with Crippen molar-refractivity contribution >= 4 is 21.6 Å². The van der Waals surface area contributed by atoms with Gasteiger partial charge in [-0.3, -0.25) is 4.90 Å². The van der Waals surface area contributed by atoms with Crippen molar-refractivity contribution in [1.82, 2.24) is 0 Å². The van der Waals surface area contributed by atoms with Crippen molar-refractivity contribution in [2.75, 3.05) is 33.3 Å². The fourth-order valence-electron chi connectivity index (χ4n) is 3.20. The second kappa shape index (κ2) is 7.27. The molecule has 0 aromatic heterocycles. The highest BCUT2D eigenvalue weighted by molar-refractivity contribution is 9.10. The van der Waals surface area contributed by atoms with E-state index in [9.17, 15) is 0 Å². The molecule has 1 saturated heterocycles. The lowest BCUT2D eigenvalue weighted by Gasteiger charge is -2.29. The second-order valence-electron chi connectivity index (χ2n) is 5.85. The van der Waals surface area contributed by atoms with Gasteiger partial charge in [-0.15, -0.1) is 0 Å². The molecule has 0 aliphatic carbocycles. The Hall–Kier alpha value is -1.36. The molecule has 22 heavy (non-hydrogen) atoms. The summed E-state index contributed by atoms with van der Waals surface area (Å²) >= 11 is 3.56. The van der Waals surface area contributed by atoms with Gasteiger partial charge in [-0.2, -0.15) is 0 Å². The van der Waals surface area contributed by atoms with Crippen LogP contribution in [0.4, 0.5) is 5.69 Å². The summed E-state index contributed by atoms with van der Waals surface area (Å²) in [6.45, 7) is 5.80. The van der Waals surface area contributed by atoms with Crippen LogP contribution in [0, 0.1) is 0 Å². The highest BCUT2D eigenvalue weighted by Crippen LogP contribution is 2.22. The molecular formula is C18H23BrN2O+2. The predicted molar refractivity (Wildman–Crippen MR) is 91.9 cm³/mol. The minimum Gasteiger partial charge on any atom is -0.496 e. The number of ether oxygens (including phenoxy) is 1. The van der Waals surface area contributed by atoms with Crippen LogP contribution < -0.4 is 14.5 Å². The predicted octanol–water partition coefficient (Wildman–Crippen LogP) is 1.07. The number of para-hydroxylation sites is 1. The first-order valence-corrected chi connectivity index (χ1v) is 8.61. The molecule has 1 fully saturated rings. The molecule has 3 nitrogen and oxygen atoms in total. The van der Waals surface area contributed by atoms with E-state index >= 15 is 0 Å². The van der Waals surface area contributed by atoms with Crippen molar-refractivity contribution in [3.8, 4) is 5.75 Å². The first-order chi connectivity index (χ1) is 10.8. The first kappa shape index (κ1) is 15.5. The third-order valence-electron chi connectivity index (χ3n) is 4.43. The summed E-state index contributed by atoms with van der Waals surface area (Å²) in [6.07, 6.45) is 0. The molecule has 2 aromatic rings. The molecule has 116 valence electrons. The van der Waals surface area contributed by atoms with Crippen molar-refractivity contribution in [1.29, 1.82) is 0 Å². The van der Waals surface area contributed by atoms with Gasteiger partial charge in [-0.25, -0.2) is 0 Å². The van der Waals surface area contributed by atoms with E-state index in [0.717, 1.165) is 16.8 Å². The Balaban J connectivity index is 1.62. The second-order valence-corrected chi connectivity index (χ2v) is 6.77. The minimum atomic E-state index is 0.994. The Morgan fingerprint density at radius 1 is 1.00 bits per heavy atom. The summed E-state index contributed by atoms with van der Waals surface area (Å²) in [5.41, 5.74) is 2.71. The maximum atomic E-state index is 5.49. The van der Waals surface area contributed by atoms with Crippen LogP contribution in [0.15, 0.2) is 53.0 Å². The summed E-state index contributed by atoms with van der Waals surface area (Å²) in [7, 11) is 1.75. The van der Waals surface area contributed by atoms with Gasteiger partial charge < -0.3 is 9.64 Å². The lowest BCUT2D eigenvalue weighted by Crippen LogP contribution is -3.25. The summed E-state index contributed by atoms with van der Waals surface area (Å²) in [5, 5.41) is 0. The number of nitrogens with one attached hydrogen (secondary N) is 2. The quantitative estimate of drug-likeness (QED) is 0.832. The molecule has 2 aromatic carbocycles. The van der Waals surface area contributed by atoms with Crippen molar-refractivity contribution in [3.05, 3.63) is 58.6 Å². The third-order valence-corrected chi connectivity index (χ3v) is 4.92. The molecule has 0 saturated carbocycles. The number of hydrogen-bond acceptors (Lipinski definition) is 1. The van der Waals surface area contributed by atoms with Gasteiger partial charge >= 0.3 is 0 Å². The number of halogens is 1. The van der Waals surface area contributed by atoms with Gasteiger partial charge in [-0.1, -0.05) is 34.1 Å². The van der Waals surface area contributed by atoms with Crippen LogP contribution >= 0.6 is 15.9 Å². The smallest absolute Gasteiger partial charge is 0.132 e. The van der Waals surface area contributed by atoms with Gasteiger partial charge in [-0.05, 0) is 30.3 Å². The van der Waals surface area contributed by atoms with Gasteiger partial charge in [0.05, 0.1) is 7.11 Å². The number of piperazine rings is 1. The topological polar surface area (TPSA) is 18.1 Å². The number of rotatable bonds is 4. The Morgan fingerprint density at radius 3 is 2.41 bits per heavy atom. The van der Waals surface area contributed by atoms with Crippen molar-refractivity contribution in [2.45, 2.75) is 6.54 Å². The van der Waals surface area contributed by atoms with Crippen LogP contribution in [0.1, 0.15) is 5.56 Å². The fourth-order valence-corrected chi connectivity index (χ4v) is 3.61. The summed E-state index contributed by atoms with van der Waals surface area (Å²) < 4.78 is 6.61. The van der Waals surface area contributed by atoms with Gasteiger partial charge in [0.15, 0.2) is 0 Å². The summed E-state index contributed by atoms with van der Waals surface area (Å²) in [6, 6.07) is 17.1. The van der Waals surface area contributed by atoms with E-state index < -0.39 is 0 Å². The van der Waals surface area contributed by atoms with Crippen LogP contribution in [0.25, 0.3) is 0 Å². The SMILES string of the molecule is COc1ccc(Br)cc1C[NH+]1CC[NH+](c2ccccc2)CC1. The molecule has 3 rings (SSSR count). The van der Waals surface area contributed by atoms with E-state index in [4.69, 9.17) is 4.74 Å². The van der Waals surface area contributed by atoms with Gasteiger partial charge in [0, 0.05) is 10.0 Å². The average Bonchev–Trinajstić information content (AvgIpc) is 2.57. The summed E-state index contributed by atoms with van der Waals surface area (Å²) in [5.74, 6) is 0.994. The van der Waals surface area contributed by atoms with Crippen molar-refractivity contribution < 1.29 is 14.5 Å². The average molecular weight is 363 g/mol. The summed E-state index contributed by atoms with van der Waals surface area (Å²) in [4.78, 5) is 3.24. The van der Waals surface area contributed by atoms with E-state index in [2.05, 4.69) is 52.3 Å². The monoisotopic (exact) mass is 362 g/mol. The Kier molecular flexibility index (Phi) is 5.13. The van der Waals surface area contributed by atoms with Gasteiger partial charge in [0.1, 0.15) is 44.2 Å². The van der Waals surface area contributed by atoms with Crippen molar-refractivity contribution in [2.24, 2.45) is 0 Å². The normalized spacial score (nSPS) is 21.5. The molecule has 0 bridgehead atoms.